The van der Waals surface area contributed by atoms with Gasteiger partial charge in [0.1, 0.15) is 0 Å². The summed E-state index contributed by atoms with van der Waals surface area (Å²) in [4.78, 5) is 15.5. The number of benzene rings is 8. The third kappa shape index (κ3) is 5.48. The smallest absolute Gasteiger partial charge is 0.164 e. The van der Waals surface area contributed by atoms with Gasteiger partial charge in [-0.3, -0.25) is 0 Å². The van der Waals surface area contributed by atoms with Crippen LogP contribution in [0.3, 0.4) is 0 Å². The monoisotopic (exact) mass is 732 g/mol. The minimum Gasteiger partial charge on any atom is -0.309 e. The SMILES string of the molecule is c1ccc(-c2cccc(-c3nc(-c4ccccc4)nc(-c4cccc5c4c4ccccc4n5-c4ccc5sc6ccc(-c7ccccc7)cc6c5c4)n3)c2)cc1. The highest BCUT2D eigenvalue weighted by Crippen LogP contribution is 2.41. The van der Waals surface area contributed by atoms with Gasteiger partial charge in [0, 0.05) is 53.3 Å². The van der Waals surface area contributed by atoms with E-state index in [0.29, 0.717) is 17.5 Å². The predicted molar refractivity (Wildman–Crippen MR) is 234 cm³/mol. The van der Waals surface area contributed by atoms with Crippen molar-refractivity contribution in [3.63, 3.8) is 0 Å². The minimum atomic E-state index is 0.636. The maximum atomic E-state index is 5.24. The van der Waals surface area contributed by atoms with Crippen molar-refractivity contribution in [3.05, 3.63) is 194 Å². The molecule has 56 heavy (non-hydrogen) atoms. The number of para-hydroxylation sites is 1. The van der Waals surface area contributed by atoms with E-state index in [1.54, 1.807) is 0 Å². The Bertz CT molecular complexity index is 3240. The Balaban J connectivity index is 1.12. The number of fused-ring (bicyclic) bond motifs is 6. The highest BCUT2D eigenvalue weighted by molar-refractivity contribution is 7.25. The van der Waals surface area contributed by atoms with Crippen LogP contribution in [-0.2, 0) is 0 Å². The van der Waals surface area contributed by atoms with Gasteiger partial charge in [0.2, 0.25) is 0 Å². The molecule has 0 radical (unpaired) electrons. The fourth-order valence-corrected chi connectivity index (χ4v) is 9.08. The van der Waals surface area contributed by atoms with Crippen molar-refractivity contribution in [2.75, 3.05) is 0 Å². The molecule has 0 aliphatic carbocycles. The maximum Gasteiger partial charge on any atom is 0.164 e. The number of thiophene rings is 1. The molecule has 3 heterocycles. The molecule has 0 spiro atoms. The average Bonchev–Trinajstić information content (AvgIpc) is 3.82. The Morgan fingerprint density at radius 3 is 1.62 bits per heavy atom. The predicted octanol–water partition coefficient (Wildman–Crippen LogP) is 13.7. The Morgan fingerprint density at radius 1 is 0.339 bits per heavy atom. The van der Waals surface area contributed by atoms with Crippen molar-refractivity contribution in [3.8, 4) is 62.1 Å². The van der Waals surface area contributed by atoms with Gasteiger partial charge >= 0.3 is 0 Å². The first-order valence-electron chi connectivity index (χ1n) is 18.8. The van der Waals surface area contributed by atoms with Crippen molar-refractivity contribution in [2.45, 2.75) is 0 Å². The number of hydrogen-bond acceptors (Lipinski definition) is 4. The highest BCUT2D eigenvalue weighted by atomic mass is 32.1. The van der Waals surface area contributed by atoms with Gasteiger partial charge in [-0.1, -0.05) is 146 Å². The molecule has 11 aromatic rings. The van der Waals surface area contributed by atoms with E-state index in [4.69, 9.17) is 15.0 Å². The minimum absolute atomic E-state index is 0.636. The van der Waals surface area contributed by atoms with Crippen molar-refractivity contribution >= 4 is 53.3 Å². The fourth-order valence-electron chi connectivity index (χ4n) is 8.01. The molecule has 3 aromatic heterocycles. The van der Waals surface area contributed by atoms with Crippen molar-refractivity contribution in [2.24, 2.45) is 0 Å². The molecule has 0 unspecified atom stereocenters. The van der Waals surface area contributed by atoms with E-state index >= 15 is 0 Å². The Labute approximate surface area is 327 Å². The van der Waals surface area contributed by atoms with Crippen LogP contribution in [0.25, 0.3) is 104 Å². The first-order chi connectivity index (χ1) is 27.7. The van der Waals surface area contributed by atoms with Gasteiger partial charge in [0.25, 0.3) is 0 Å². The average molecular weight is 733 g/mol. The summed E-state index contributed by atoms with van der Waals surface area (Å²) in [6.45, 7) is 0. The molecular formula is C51H32N4S. The molecule has 0 bridgehead atoms. The van der Waals surface area contributed by atoms with Crippen molar-refractivity contribution in [1.82, 2.24) is 19.5 Å². The first-order valence-corrected chi connectivity index (χ1v) is 19.6. The molecule has 0 saturated carbocycles. The second kappa shape index (κ2) is 13.3. The van der Waals surface area contributed by atoms with Crippen molar-refractivity contribution in [1.29, 1.82) is 0 Å². The lowest BCUT2D eigenvalue weighted by Crippen LogP contribution is -2.00. The van der Waals surface area contributed by atoms with Crippen LogP contribution in [0.5, 0.6) is 0 Å². The van der Waals surface area contributed by atoms with Crippen LogP contribution in [0.15, 0.2) is 194 Å². The molecule has 0 amide bonds. The highest BCUT2D eigenvalue weighted by Gasteiger charge is 2.20. The Morgan fingerprint density at radius 2 is 0.875 bits per heavy atom. The van der Waals surface area contributed by atoms with Crippen LogP contribution >= 0.6 is 11.3 Å². The first kappa shape index (κ1) is 32.2. The zero-order valence-electron chi connectivity index (χ0n) is 30.2. The molecule has 0 fully saturated rings. The van der Waals surface area contributed by atoms with Crippen LogP contribution in [0.1, 0.15) is 0 Å². The lowest BCUT2D eigenvalue weighted by Gasteiger charge is -2.11. The third-order valence-electron chi connectivity index (χ3n) is 10.7. The summed E-state index contributed by atoms with van der Waals surface area (Å²) in [6, 6.07) is 68.6. The Kier molecular flexibility index (Phi) is 7.64. The van der Waals surface area contributed by atoms with Crippen LogP contribution in [0, 0.1) is 0 Å². The summed E-state index contributed by atoms with van der Waals surface area (Å²) in [5.74, 6) is 1.92. The van der Waals surface area contributed by atoms with Crippen LogP contribution < -0.4 is 0 Å². The van der Waals surface area contributed by atoms with E-state index in [-0.39, 0.29) is 0 Å². The van der Waals surface area contributed by atoms with Gasteiger partial charge < -0.3 is 4.57 Å². The molecule has 8 aromatic carbocycles. The molecule has 0 N–H and O–H groups in total. The topological polar surface area (TPSA) is 43.6 Å². The van der Waals surface area contributed by atoms with E-state index < -0.39 is 0 Å². The van der Waals surface area contributed by atoms with Gasteiger partial charge in [-0.2, -0.15) is 0 Å². The fraction of sp³-hybridized carbons (Fsp3) is 0. The zero-order valence-corrected chi connectivity index (χ0v) is 31.0. The zero-order chi connectivity index (χ0) is 37.0. The Hall–Kier alpha value is -7.21. The maximum absolute atomic E-state index is 5.24. The molecule has 262 valence electrons. The molecular weight excluding hydrogens is 701 g/mol. The second-order valence-electron chi connectivity index (χ2n) is 14.0. The lowest BCUT2D eigenvalue weighted by molar-refractivity contribution is 1.08. The van der Waals surface area contributed by atoms with Gasteiger partial charge in [-0.05, 0) is 70.8 Å². The number of nitrogens with zero attached hydrogens (tertiary/aromatic N) is 4. The summed E-state index contributed by atoms with van der Waals surface area (Å²) in [6.07, 6.45) is 0. The van der Waals surface area contributed by atoms with E-state index in [1.807, 2.05) is 35.6 Å². The molecule has 0 aliphatic heterocycles. The number of rotatable bonds is 6. The van der Waals surface area contributed by atoms with Crippen LogP contribution in [-0.4, -0.2) is 19.5 Å². The number of hydrogen-bond donors (Lipinski definition) is 0. The van der Waals surface area contributed by atoms with Gasteiger partial charge in [-0.15, -0.1) is 11.3 Å². The normalized spacial score (nSPS) is 11.6. The molecule has 11 rings (SSSR count). The lowest BCUT2D eigenvalue weighted by atomic mass is 10.0. The van der Waals surface area contributed by atoms with E-state index in [0.717, 1.165) is 55.3 Å². The quantitative estimate of drug-likeness (QED) is 0.171. The van der Waals surface area contributed by atoms with Gasteiger partial charge in [0.15, 0.2) is 17.5 Å². The van der Waals surface area contributed by atoms with Crippen LogP contribution in [0.4, 0.5) is 0 Å². The van der Waals surface area contributed by atoms with E-state index in [9.17, 15) is 0 Å². The molecule has 0 aliphatic rings. The van der Waals surface area contributed by atoms with Gasteiger partial charge in [0.05, 0.1) is 11.0 Å². The van der Waals surface area contributed by atoms with E-state index in [1.165, 1.54) is 31.3 Å². The largest absolute Gasteiger partial charge is 0.309 e. The summed E-state index contributed by atoms with van der Waals surface area (Å²) in [7, 11) is 0. The molecule has 0 saturated heterocycles. The third-order valence-corrected chi connectivity index (χ3v) is 11.8. The van der Waals surface area contributed by atoms with Crippen LogP contribution in [0.2, 0.25) is 0 Å². The summed E-state index contributed by atoms with van der Waals surface area (Å²) < 4.78 is 4.95. The number of aromatic nitrogens is 4. The summed E-state index contributed by atoms with van der Waals surface area (Å²) in [5.41, 5.74) is 10.9. The molecule has 5 heteroatoms. The molecule has 0 atom stereocenters. The van der Waals surface area contributed by atoms with Gasteiger partial charge in [-0.25, -0.2) is 15.0 Å². The van der Waals surface area contributed by atoms with Crippen molar-refractivity contribution < 1.29 is 0 Å². The summed E-state index contributed by atoms with van der Waals surface area (Å²) in [5, 5.41) is 4.79. The standard InChI is InChI=1S/C51H32N4S/c1-4-14-33(15-5-1)36-20-12-21-38(30-36)50-52-49(35-18-8-3-9-19-35)53-51(54-50)41-23-13-25-45-48(41)40-22-10-11-24-44(40)55(45)39-27-29-47-43(32-39)42-31-37(26-28-46(42)56-47)34-16-6-2-7-17-34/h1-32H. The second-order valence-corrected chi connectivity index (χ2v) is 15.1. The molecule has 4 nitrogen and oxygen atoms in total. The summed E-state index contributed by atoms with van der Waals surface area (Å²) >= 11 is 1.85. The van der Waals surface area contributed by atoms with E-state index in [2.05, 4.69) is 174 Å².